The maximum absolute atomic E-state index is 12.9. The highest BCUT2D eigenvalue weighted by molar-refractivity contribution is 7.08. The first-order chi connectivity index (χ1) is 33.9. The van der Waals surface area contributed by atoms with Crippen LogP contribution in [0.2, 0.25) is 0 Å². The zero-order valence-corrected chi connectivity index (χ0v) is 39.6. The van der Waals surface area contributed by atoms with Crippen LogP contribution in [0.1, 0.15) is 135 Å². The van der Waals surface area contributed by atoms with Crippen LogP contribution < -0.4 is 16.0 Å². The van der Waals surface area contributed by atoms with Crippen molar-refractivity contribution in [3.63, 3.8) is 0 Å². The van der Waals surface area contributed by atoms with Gasteiger partial charge in [0.1, 0.15) is 0 Å². The lowest BCUT2D eigenvalue weighted by molar-refractivity contribution is -0.143. The quantitative estimate of drug-likeness (QED) is 0.0348. The number of nitrogens with one attached hydrogen (secondary N) is 5. The van der Waals surface area contributed by atoms with Crippen molar-refractivity contribution in [2.45, 2.75) is 84.1 Å². The maximum atomic E-state index is 12.9. The number of anilines is 3. The highest BCUT2D eigenvalue weighted by atomic mass is 32.1. The van der Waals surface area contributed by atoms with Crippen molar-refractivity contribution in [1.29, 1.82) is 0 Å². The molecule has 1 atom stereocenters. The number of amides is 2. The summed E-state index contributed by atoms with van der Waals surface area (Å²) in [5.74, 6) is -1.56. The zero-order valence-electron chi connectivity index (χ0n) is 38.8. The Balaban J connectivity index is 0.000000174. The number of benzene rings is 3. The van der Waals surface area contributed by atoms with Gasteiger partial charge in [-0.1, -0.05) is 30.3 Å². The van der Waals surface area contributed by atoms with E-state index in [-0.39, 0.29) is 54.7 Å². The van der Waals surface area contributed by atoms with E-state index in [1.54, 1.807) is 36.6 Å². The number of hydrogen-bond donors (Lipinski definition) is 6. The lowest BCUT2D eigenvalue weighted by Crippen LogP contribution is -2.12. The van der Waals surface area contributed by atoms with E-state index in [0.29, 0.717) is 65.1 Å². The number of aliphatic carboxylic acids is 1. The third kappa shape index (κ3) is 10.2. The van der Waals surface area contributed by atoms with Crippen LogP contribution in [-0.4, -0.2) is 63.2 Å². The number of esters is 1. The number of Topliss-reactive ketones (excluding diaryl/α,β-unsaturated/α-hetero) is 2. The number of H-pyrrole nitrogens is 2. The van der Waals surface area contributed by atoms with Crippen molar-refractivity contribution in [3.8, 4) is 0 Å². The monoisotopic (exact) mass is 956 g/mol. The van der Waals surface area contributed by atoms with Gasteiger partial charge in [0.2, 0.25) is 0 Å². The lowest BCUT2D eigenvalue weighted by Gasteiger charge is -2.16. The van der Waals surface area contributed by atoms with Gasteiger partial charge in [0.25, 0.3) is 11.8 Å². The summed E-state index contributed by atoms with van der Waals surface area (Å²) >= 11 is 1.61. The molecule has 6 aromatic rings. The first-order valence-corrected chi connectivity index (χ1v) is 24.5. The molecule has 356 valence electrons. The van der Waals surface area contributed by atoms with Gasteiger partial charge in [-0.3, -0.25) is 33.8 Å². The molecular weight excluding hydrogens is 905 g/mol. The summed E-state index contributed by atoms with van der Waals surface area (Å²) in [6, 6.07) is 23.5. The number of carboxylic acid groups (broad SMARTS) is 1. The predicted octanol–water partition coefficient (Wildman–Crippen LogP) is 10.6. The van der Waals surface area contributed by atoms with Crippen molar-refractivity contribution < 1.29 is 38.6 Å². The molecule has 0 radical (unpaired) electrons. The van der Waals surface area contributed by atoms with Crippen molar-refractivity contribution in [1.82, 2.24) is 9.97 Å². The van der Waals surface area contributed by atoms with E-state index >= 15 is 0 Å². The summed E-state index contributed by atoms with van der Waals surface area (Å²) in [7, 11) is 0. The number of carboxylic acids is 1. The Morgan fingerprint density at radius 3 is 1.96 bits per heavy atom. The van der Waals surface area contributed by atoms with Crippen molar-refractivity contribution in [3.05, 3.63) is 151 Å². The zero-order chi connectivity index (χ0) is 48.9. The Hall–Kier alpha value is -7.91. The molecule has 0 saturated heterocycles. The Kier molecular flexibility index (Phi) is 14.0. The highest BCUT2D eigenvalue weighted by Crippen LogP contribution is 2.40. The minimum Gasteiger partial charge on any atom is -0.481 e. The molecular formula is C55H52N6O8S. The average molecular weight is 957 g/mol. The fourth-order valence-corrected chi connectivity index (χ4v) is 10.1. The second kappa shape index (κ2) is 20.8. The van der Waals surface area contributed by atoms with Crippen molar-refractivity contribution in [2.75, 3.05) is 22.6 Å². The number of hydrogen-bond acceptors (Lipinski definition) is 10. The molecule has 4 aliphatic rings. The van der Waals surface area contributed by atoms with E-state index in [1.165, 1.54) is 0 Å². The van der Waals surface area contributed by atoms with E-state index in [4.69, 9.17) is 4.74 Å². The standard InChI is InChI=1S/C28H27N3O4.C27H25N3O4S/c1-16(17-6-3-2-4-7-17)29-18-10-12-22-20(14-18)21(28(35)31-22)15-24-19(11-13-26(33)34)27-23(30-24)8-5-9-25(27)32;1-2-34-25(32)9-7-18-23(29-22-4-3-5-24(31)26(18)22)13-20-19-12-17(6-8-21(19)30-27(20)33)28-14-16-10-11-35-15-16/h2-4,6-7,10,12,14-16,29-30H,5,8-9,11,13H2,1H3,(H,31,35)(H,33,34);6,8,10-15,29H,2-5,7,9H2,1H3,(H,30,33)/b;20-13-,28-14+. The van der Waals surface area contributed by atoms with E-state index in [9.17, 15) is 33.9 Å². The molecule has 1 unspecified atom stereocenters. The smallest absolute Gasteiger partial charge is 0.306 e. The van der Waals surface area contributed by atoms with Crippen molar-refractivity contribution in [2.24, 2.45) is 4.99 Å². The molecule has 2 amide bonds. The molecule has 0 saturated carbocycles. The van der Waals surface area contributed by atoms with Gasteiger partial charge in [-0.2, -0.15) is 11.3 Å². The number of fused-ring (bicyclic) bond motifs is 4. The van der Waals surface area contributed by atoms with Crippen LogP contribution in [0.5, 0.6) is 0 Å². The Morgan fingerprint density at radius 1 is 0.771 bits per heavy atom. The molecule has 0 fully saturated rings. The fraction of sp³-hybridized carbons (Fsp3) is 0.255. The number of carbonyl (C=O) groups excluding carboxylic acids is 5. The number of ketones is 2. The number of carbonyl (C=O) groups is 6. The van der Waals surface area contributed by atoms with E-state index in [2.05, 4.69) is 50.0 Å². The van der Waals surface area contributed by atoms with E-state index in [0.717, 1.165) is 87.6 Å². The van der Waals surface area contributed by atoms with Gasteiger partial charge in [-0.25, -0.2) is 0 Å². The van der Waals surface area contributed by atoms with Crippen LogP contribution >= 0.6 is 11.3 Å². The number of aromatic amines is 2. The third-order valence-corrected chi connectivity index (χ3v) is 13.6. The van der Waals surface area contributed by atoms with Gasteiger partial charge in [-0.15, -0.1) is 0 Å². The Morgan fingerprint density at radius 2 is 1.37 bits per heavy atom. The number of rotatable bonds is 14. The van der Waals surface area contributed by atoms with Gasteiger partial charge >= 0.3 is 11.9 Å². The van der Waals surface area contributed by atoms with E-state index < -0.39 is 5.97 Å². The molecule has 2 aliphatic heterocycles. The van der Waals surface area contributed by atoms with Gasteiger partial charge in [0.15, 0.2) is 11.6 Å². The maximum Gasteiger partial charge on any atom is 0.306 e. The fourth-order valence-electron chi connectivity index (χ4n) is 9.52. The number of ether oxygens (including phenoxy) is 1. The van der Waals surface area contributed by atoms with Crippen LogP contribution in [0.25, 0.3) is 23.3 Å². The Labute approximate surface area is 408 Å². The molecule has 3 aromatic carbocycles. The van der Waals surface area contributed by atoms with Crippen LogP contribution in [-0.2, 0) is 49.6 Å². The number of aryl methyl sites for hydroxylation is 2. The first-order valence-electron chi connectivity index (χ1n) is 23.6. The Bertz CT molecular complexity index is 3140. The SMILES string of the molecule is CC(Nc1ccc2c(c1)C(=Cc1[nH]c3c(c1CCC(=O)O)C(=O)CCC3)C(=O)N2)c1ccccc1.CCOC(=O)CCc1c(/C=C2\C(=O)Nc3ccc(/N=C/c4ccsc4)cc32)[nH]c2c1C(=O)CCC2. The largest absolute Gasteiger partial charge is 0.481 e. The highest BCUT2D eigenvalue weighted by Gasteiger charge is 2.31. The molecule has 0 bridgehead atoms. The summed E-state index contributed by atoms with van der Waals surface area (Å²) in [4.78, 5) is 85.7. The average Bonchev–Trinajstić information content (AvgIpc) is 4.19. The molecule has 0 spiro atoms. The number of aromatic nitrogens is 2. The topological polar surface area (TPSA) is 212 Å². The molecule has 10 rings (SSSR count). The van der Waals surface area contributed by atoms with Gasteiger partial charge < -0.3 is 35.8 Å². The molecule has 3 aromatic heterocycles. The number of aliphatic imine (C=N–C) groups is 1. The number of thiophene rings is 1. The van der Waals surface area contributed by atoms with Crippen LogP contribution in [0, 0.1) is 0 Å². The summed E-state index contributed by atoms with van der Waals surface area (Å²) in [5.41, 5.74) is 13.5. The number of nitrogens with zero attached hydrogens (tertiary/aromatic N) is 1. The second-order valence-corrected chi connectivity index (χ2v) is 18.4. The summed E-state index contributed by atoms with van der Waals surface area (Å²) < 4.78 is 5.08. The third-order valence-electron chi connectivity index (χ3n) is 12.9. The van der Waals surface area contributed by atoms with Gasteiger partial charge in [0, 0.05) is 106 Å². The van der Waals surface area contributed by atoms with Crippen LogP contribution in [0.3, 0.4) is 0 Å². The summed E-state index contributed by atoms with van der Waals surface area (Å²) in [5, 5.41) is 22.6. The molecule has 14 nitrogen and oxygen atoms in total. The summed E-state index contributed by atoms with van der Waals surface area (Å²) in [6.45, 7) is 4.16. The predicted molar refractivity (Wildman–Crippen MR) is 273 cm³/mol. The molecule has 70 heavy (non-hydrogen) atoms. The van der Waals surface area contributed by atoms with Crippen LogP contribution in [0.4, 0.5) is 22.7 Å². The van der Waals surface area contributed by atoms with Gasteiger partial charge in [-0.05, 0) is 134 Å². The van der Waals surface area contributed by atoms with E-state index in [1.807, 2.05) is 71.4 Å². The van der Waals surface area contributed by atoms with Crippen molar-refractivity contribution >= 4 is 98.9 Å². The molecule has 15 heteroatoms. The normalized spacial score (nSPS) is 16.3. The first kappa shape index (κ1) is 47.2. The molecule has 2 aliphatic carbocycles. The summed E-state index contributed by atoms with van der Waals surface area (Å²) in [6.07, 6.45) is 10.0. The molecule has 6 N–H and O–H groups in total. The second-order valence-electron chi connectivity index (χ2n) is 17.6. The minimum absolute atomic E-state index is 0.0326. The molecule has 5 heterocycles. The van der Waals surface area contributed by atoms with Gasteiger partial charge in [0.05, 0.1) is 23.4 Å². The minimum atomic E-state index is -0.922. The van der Waals surface area contributed by atoms with Crippen LogP contribution in [0.15, 0.2) is 88.5 Å². The lowest BCUT2D eigenvalue weighted by atomic mass is 9.91.